The number of carbonyl (C=O) groups is 2. The minimum Gasteiger partial charge on any atom is -0.462 e. The van der Waals surface area contributed by atoms with Gasteiger partial charge in [-0.2, -0.15) is 5.26 Å². The lowest BCUT2D eigenvalue weighted by Crippen LogP contribution is -2.29. The molecule has 1 unspecified atom stereocenters. The van der Waals surface area contributed by atoms with Gasteiger partial charge in [-0.15, -0.1) is 0 Å². The van der Waals surface area contributed by atoms with E-state index in [1.807, 2.05) is 6.07 Å². The molecule has 0 radical (unpaired) electrons. The molecule has 1 aromatic carbocycles. The molecule has 0 amide bonds. The zero-order chi connectivity index (χ0) is 18.4. The molecule has 7 nitrogen and oxygen atoms in total. The number of nitrogens with zero attached hydrogens (tertiary/aromatic N) is 1. The number of hydrogen-bond acceptors (Lipinski definition) is 7. The Bertz CT molecular complexity index is 774. The van der Waals surface area contributed by atoms with Crippen LogP contribution in [0.1, 0.15) is 25.3 Å². The highest BCUT2D eigenvalue weighted by Gasteiger charge is 2.40. The van der Waals surface area contributed by atoms with E-state index in [0.29, 0.717) is 5.56 Å². The second-order valence-corrected chi connectivity index (χ2v) is 5.02. The molecule has 0 aliphatic carbocycles. The van der Waals surface area contributed by atoms with Crippen LogP contribution in [-0.4, -0.2) is 25.2 Å². The van der Waals surface area contributed by atoms with Crippen molar-refractivity contribution < 1.29 is 23.8 Å². The molecule has 2 rings (SSSR count). The van der Waals surface area contributed by atoms with Gasteiger partial charge in [-0.05, 0) is 19.4 Å². The van der Waals surface area contributed by atoms with Crippen molar-refractivity contribution in [1.82, 2.24) is 0 Å². The Morgan fingerprint density at radius 2 is 1.76 bits per heavy atom. The average molecular weight is 342 g/mol. The number of allylic oxidation sites excluding steroid dienone is 1. The van der Waals surface area contributed by atoms with Crippen LogP contribution in [0.2, 0.25) is 0 Å². The first-order valence-electron chi connectivity index (χ1n) is 7.76. The fourth-order valence-corrected chi connectivity index (χ4v) is 2.50. The van der Waals surface area contributed by atoms with E-state index in [1.165, 1.54) is 0 Å². The van der Waals surface area contributed by atoms with E-state index < -0.39 is 17.9 Å². The molecule has 1 aliphatic rings. The van der Waals surface area contributed by atoms with Crippen molar-refractivity contribution in [3.05, 3.63) is 58.7 Å². The number of rotatable bonds is 5. The summed E-state index contributed by atoms with van der Waals surface area (Å²) in [5.74, 6) is -3.08. The van der Waals surface area contributed by atoms with Crippen molar-refractivity contribution in [2.45, 2.75) is 19.8 Å². The maximum atomic E-state index is 12.5. The second-order valence-electron chi connectivity index (χ2n) is 5.02. The van der Waals surface area contributed by atoms with Gasteiger partial charge in [0.1, 0.15) is 17.2 Å². The van der Waals surface area contributed by atoms with Crippen molar-refractivity contribution >= 4 is 11.9 Å². The number of esters is 2. The maximum Gasteiger partial charge on any atom is 0.374 e. The second kappa shape index (κ2) is 8.02. The summed E-state index contributed by atoms with van der Waals surface area (Å²) < 4.78 is 15.3. The molecule has 1 heterocycles. The summed E-state index contributed by atoms with van der Waals surface area (Å²) in [6.45, 7) is 3.45. The van der Waals surface area contributed by atoms with Gasteiger partial charge in [0.05, 0.1) is 19.1 Å². The first kappa shape index (κ1) is 18.1. The monoisotopic (exact) mass is 342 g/mol. The molecule has 25 heavy (non-hydrogen) atoms. The van der Waals surface area contributed by atoms with E-state index >= 15 is 0 Å². The van der Waals surface area contributed by atoms with Gasteiger partial charge in [-0.25, -0.2) is 9.59 Å². The summed E-state index contributed by atoms with van der Waals surface area (Å²) in [5, 5.41) is 9.49. The van der Waals surface area contributed by atoms with Crippen LogP contribution in [0.15, 0.2) is 53.1 Å². The van der Waals surface area contributed by atoms with Gasteiger partial charge in [-0.3, -0.25) is 0 Å². The quantitative estimate of drug-likeness (QED) is 0.813. The minimum absolute atomic E-state index is 0.0299. The lowest BCUT2D eigenvalue weighted by atomic mass is 9.83. The zero-order valence-corrected chi connectivity index (χ0v) is 13.9. The predicted octanol–water partition coefficient (Wildman–Crippen LogP) is 1.87. The summed E-state index contributed by atoms with van der Waals surface area (Å²) in [5.41, 5.74) is 6.36. The van der Waals surface area contributed by atoms with Crippen LogP contribution in [0.4, 0.5) is 0 Å². The molecule has 130 valence electrons. The lowest BCUT2D eigenvalue weighted by Gasteiger charge is -2.27. The molecular formula is C18H18N2O5. The molecule has 1 atom stereocenters. The molecule has 0 spiro atoms. The van der Waals surface area contributed by atoms with Gasteiger partial charge in [0.15, 0.2) is 0 Å². The minimum atomic E-state index is -0.876. The molecule has 0 saturated carbocycles. The van der Waals surface area contributed by atoms with Gasteiger partial charge in [-0.1, -0.05) is 30.3 Å². The van der Waals surface area contributed by atoms with Gasteiger partial charge in [0.2, 0.25) is 11.6 Å². The first-order valence-corrected chi connectivity index (χ1v) is 7.76. The number of hydrogen-bond donors (Lipinski definition) is 1. The van der Waals surface area contributed by atoms with Crippen molar-refractivity contribution in [3.63, 3.8) is 0 Å². The molecule has 0 saturated heterocycles. The number of nitrogens with two attached hydrogens (primary N) is 1. The van der Waals surface area contributed by atoms with E-state index in [4.69, 9.17) is 19.9 Å². The highest BCUT2D eigenvalue weighted by Crippen LogP contribution is 2.39. The Morgan fingerprint density at radius 3 is 2.32 bits per heavy atom. The third-order valence-corrected chi connectivity index (χ3v) is 3.51. The predicted molar refractivity (Wildman–Crippen MR) is 87.4 cm³/mol. The molecule has 7 heteroatoms. The summed E-state index contributed by atoms with van der Waals surface area (Å²) in [4.78, 5) is 24.8. The molecular weight excluding hydrogens is 324 g/mol. The van der Waals surface area contributed by atoms with E-state index in [9.17, 15) is 14.9 Å². The lowest BCUT2D eigenvalue weighted by molar-refractivity contribution is -0.145. The standard InChI is InChI=1S/C18H18N2O5/c1-3-23-17(21)14-13(11-8-6-5-7-9-11)12(10-19)16(20)25-15(14)18(22)24-4-2/h5-9,13H,3-4,20H2,1-2H3. The maximum absolute atomic E-state index is 12.5. The van der Waals surface area contributed by atoms with Crippen LogP contribution in [0.5, 0.6) is 0 Å². The average Bonchev–Trinajstić information content (AvgIpc) is 2.61. The molecule has 0 aromatic heterocycles. The molecule has 0 bridgehead atoms. The smallest absolute Gasteiger partial charge is 0.374 e. The first-order chi connectivity index (χ1) is 12.0. The molecule has 0 fully saturated rings. The van der Waals surface area contributed by atoms with Crippen LogP contribution in [0, 0.1) is 11.3 Å². The summed E-state index contributed by atoms with van der Waals surface area (Å²) in [6.07, 6.45) is 0. The van der Waals surface area contributed by atoms with Crippen molar-refractivity contribution in [2.75, 3.05) is 13.2 Å². The topological polar surface area (TPSA) is 112 Å². The molecule has 1 aliphatic heterocycles. The summed E-state index contributed by atoms with van der Waals surface area (Å²) in [6, 6.07) is 10.7. The van der Waals surface area contributed by atoms with E-state index in [-0.39, 0.29) is 36.0 Å². The van der Waals surface area contributed by atoms with Crippen LogP contribution in [0.25, 0.3) is 0 Å². The van der Waals surface area contributed by atoms with Crippen molar-refractivity contribution in [2.24, 2.45) is 5.73 Å². The van der Waals surface area contributed by atoms with Crippen LogP contribution < -0.4 is 5.73 Å². The Morgan fingerprint density at radius 1 is 1.16 bits per heavy atom. The van der Waals surface area contributed by atoms with Gasteiger partial charge in [0.25, 0.3) is 0 Å². The van der Waals surface area contributed by atoms with Crippen molar-refractivity contribution in [1.29, 1.82) is 5.26 Å². The molecule has 2 N–H and O–H groups in total. The Labute approximate surface area is 145 Å². The third-order valence-electron chi connectivity index (χ3n) is 3.51. The van der Waals surface area contributed by atoms with Gasteiger partial charge >= 0.3 is 11.9 Å². The number of benzene rings is 1. The number of carbonyl (C=O) groups excluding carboxylic acids is 2. The third kappa shape index (κ3) is 3.63. The number of nitriles is 1. The van der Waals surface area contributed by atoms with Crippen molar-refractivity contribution in [3.8, 4) is 6.07 Å². The fraction of sp³-hybridized carbons (Fsp3) is 0.278. The number of ether oxygens (including phenoxy) is 3. The molecule has 1 aromatic rings. The summed E-state index contributed by atoms with van der Waals surface area (Å²) in [7, 11) is 0. The SMILES string of the molecule is CCOC(=O)C1=C(C(=O)OCC)C(c2ccccc2)C(C#N)=C(N)O1. The van der Waals surface area contributed by atoms with Crippen LogP contribution >= 0.6 is 0 Å². The van der Waals surface area contributed by atoms with Crippen LogP contribution in [-0.2, 0) is 23.8 Å². The van der Waals surface area contributed by atoms with Gasteiger partial charge < -0.3 is 19.9 Å². The zero-order valence-electron chi connectivity index (χ0n) is 13.9. The van der Waals surface area contributed by atoms with Crippen LogP contribution in [0.3, 0.4) is 0 Å². The van der Waals surface area contributed by atoms with E-state index in [2.05, 4.69) is 0 Å². The summed E-state index contributed by atoms with van der Waals surface area (Å²) >= 11 is 0. The Kier molecular flexibility index (Phi) is 5.79. The normalized spacial score (nSPS) is 16.8. The van der Waals surface area contributed by atoms with E-state index in [1.54, 1.807) is 44.2 Å². The largest absolute Gasteiger partial charge is 0.462 e. The highest BCUT2D eigenvalue weighted by molar-refractivity contribution is 6.01. The van der Waals surface area contributed by atoms with Gasteiger partial charge in [0, 0.05) is 0 Å². The van der Waals surface area contributed by atoms with E-state index in [0.717, 1.165) is 0 Å². The highest BCUT2D eigenvalue weighted by atomic mass is 16.6. The Balaban J connectivity index is 2.69. The Hall–Kier alpha value is -3.27. The fourth-order valence-electron chi connectivity index (χ4n) is 2.50.